The first-order valence-corrected chi connectivity index (χ1v) is 13.7. The molecule has 0 radical (unpaired) electrons. The fraction of sp³-hybridized carbons (Fsp3) is 0.517. The van der Waals surface area contributed by atoms with Gasteiger partial charge in [0.05, 0.1) is 32.4 Å². The Morgan fingerprint density at radius 3 is 2.24 bits per heavy atom. The van der Waals surface area contributed by atoms with Gasteiger partial charge in [0.1, 0.15) is 0 Å². The van der Waals surface area contributed by atoms with Crippen molar-refractivity contribution in [2.75, 3.05) is 42.0 Å². The van der Waals surface area contributed by atoms with Crippen LogP contribution in [0.1, 0.15) is 55.6 Å². The number of hydrogen-bond donors (Lipinski definition) is 1. The van der Waals surface area contributed by atoms with Crippen LogP contribution in [0.5, 0.6) is 17.6 Å². The van der Waals surface area contributed by atoms with E-state index in [9.17, 15) is 5.11 Å². The molecule has 3 aromatic rings. The molecule has 8 heteroatoms. The van der Waals surface area contributed by atoms with Crippen LogP contribution in [-0.2, 0) is 5.60 Å². The number of hydrogen-bond acceptors (Lipinski definition) is 7. The number of halogens is 1. The number of rotatable bonds is 10. The second kappa shape index (κ2) is 12.0. The third-order valence-corrected chi connectivity index (χ3v) is 8.06. The van der Waals surface area contributed by atoms with Gasteiger partial charge in [-0.05, 0) is 69.1 Å². The van der Waals surface area contributed by atoms with Crippen LogP contribution in [0.2, 0.25) is 0 Å². The van der Waals surface area contributed by atoms with Crippen LogP contribution in [0.15, 0.2) is 40.9 Å². The van der Waals surface area contributed by atoms with E-state index in [4.69, 9.17) is 19.2 Å². The van der Waals surface area contributed by atoms with E-state index in [0.717, 1.165) is 52.2 Å². The van der Waals surface area contributed by atoms with Crippen molar-refractivity contribution in [2.45, 2.75) is 50.0 Å². The maximum atomic E-state index is 12.9. The lowest BCUT2D eigenvalue weighted by molar-refractivity contribution is -0.0325. The summed E-state index contributed by atoms with van der Waals surface area (Å²) in [6.07, 6.45) is 6.08. The molecule has 7 nitrogen and oxygen atoms in total. The Labute approximate surface area is 228 Å². The molecule has 2 unspecified atom stereocenters. The number of aromatic nitrogens is 2. The van der Waals surface area contributed by atoms with Crippen LogP contribution < -0.4 is 14.2 Å². The van der Waals surface area contributed by atoms with E-state index in [2.05, 4.69) is 37.9 Å². The van der Waals surface area contributed by atoms with E-state index in [-0.39, 0.29) is 11.8 Å². The van der Waals surface area contributed by atoms with E-state index in [0.29, 0.717) is 30.6 Å². The molecule has 1 saturated carbocycles. The molecule has 0 amide bonds. The summed E-state index contributed by atoms with van der Waals surface area (Å²) in [5, 5.41) is 13.9. The van der Waals surface area contributed by atoms with Gasteiger partial charge in [-0.3, -0.25) is 0 Å². The van der Waals surface area contributed by atoms with Crippen molar-refractivity contribution in [3.05, 3.63) is 52.0 Å². The van der Waals surface area contributed by atoms with Gasteiger partial charge in [0.2, 0.25) is 17.6 Å². The van der Waals surface area contributed by atoms with Gasteiger partial charge in [0.15, 0.2) is 0 Å². The highest BCUT2D eigenvalue weighted by atomic mass is 79.9. The topological polar surface area (TPSA) is 76.9 Å². The van der Waals surface area contributed by atoms with Gasteiger partial charge in [-0.2, -0.15) is 4.98 Å². The number of ether oxygens (including phenoxy) is 3. The van der Waals surface area contributed by atoms with Gasteiger partial charge in [-0.25, -0.2) is 4.98 Å². The maximum Gasteiger partial charge on any atom is 0.217 e. The van der Waals surface area contributed by atoms with Crippen molar-refractivity contribution < 1.29 is 19.3 Å². The Balaban J connectivity index is 1.99. The number of benzene rings is 1. The minimum Gasteiger partial charge on any atom is -0.481 e. The van der Waals surface area contributed by atoms with E-state index in [1.165, 1.54) is 6.42 Å². The lowest BCUT2D eigenvalue weighted by Crippen LogP contribution is -2.41. The molecule has 1 aromatic carbocycles. The fourth-order valence-electron chi connectivity index (χ4n) is 5.71. The summed E-state index contributed by atoms with van der Waals surface area (Å²) in [5.41, 5.74) is 1.26. The quantitative estimate of drug-likeness (QED) is 0.323. The highest BCUT2D eigenvalue weighted by molar-refractivity contribution is 9.10. The first-order valence-electron chi connectivity index (χ1n) is 12.9. The average molecular weight is 573 g/mol. The summed E-state index contributed by atoms with van der Waals surface area (Å²) >= 11 is 3.61. The standard InChI is InChI=1S/C29H38BrN3O4/c1-33(2)14-13-29(34,21-17-25(35-3)32-26(18-21)36-4)27(19-9-7-6-8-10-19)23-16-20-15-22(30)11-12-24(20)31-28(23)37-5/h11-12,15-19,27,34H,6-10,13-14H2,1-5H3. The van der Waals surface area contributed by atoms with Gasteiger partial charge in [-0.1, -0.05) is 35.2 Å². The van der Waals surface area contributed by atoms with Gasteiger partial charge >= 0.3 is 0 Å². The first kappa shape index (κ1) is 27.6. The molecule has 0 saturated heterocycles. The minimum atomic E-state index is -1.25. The zero-order valence-electron chi connectivity index (χ0n) is 22.5. The molecule has 0 bridgehead atoms. The molecule has 200 valence electrons. The Kier molecular flexibility index (Phi) is 8.93. The molecule has 4 rings (SSSR count). The van der Waals surface area contributed by atoms with Crippen LogP contribution in [0.3, 0.4) is 0 Å². The molecule has 37 heavy (non-hydrogen) atoms. The third-order valence-electron chi connectivity index (χ3n) is 7.57. The summed E-state index contributed by atoms with van der Waals surface area (Å²) < 4.78 is 17.9. The lowest BCUT2D eigenvalue weighted by Gasteiger charge is -2.43. The number of pyridine rings is 2. The predicted molar refractivity (Wildman–Crippen MR) is 150 cm³/mol. The molecular weight excluding hydrogens is 534 g/mol. The molecular formula is C29H38BrN3O4. The SMILES string of the molecule is COc1cc(C(O)(CCN(C)C)C(c2cc3cc(Br)ccc3nc2OC)C2CCCCC2)cc(OC)n1. The maximum absolute atomic E-state index is 12.9. The summed E-state index contributed by atoms with van der Waals surface area (Å²) in [5.74, 6) is 1.38. The number of aliphatic hydroxyl groups is 1. The molecule has 2 atom stereocenters. The zero-order valence-corrected chi connectivity index (χ0v) is 24.0. The molecule has 1 N–H and O–H groups in total. The Morgan fingerprint density at radius 1 is 0.973 bits per heavy atom. The highest BCUT2D eigenvalue weighted by Crippen LogP contribution is 2.52. The Morgan fingerprint density at radius 2 is 1.65 bits per heavy atom. The van der Waals surface area contributed by atoms with Crippen molar-refractivity contribution in [1.29, 1.82) is 0 Å². The normalized spacial score (nSPS) is 17.0. The van der Waals surface area contributed by atoms with Crippen LogP contribution in [0.4, 0.5) is 0 Å². The summed E-state index contributed by atoms with van der Waals surface area (Å²) in [6.45, 7) is 0.696. The van der Waals surface area contributed by atoms with E-state index in [1.54, 1.807) is 21.3 Å². The van der Waals surface area contributed by atoms with Gasteiger partial charge in [0.25, 0.3) is 0 Å². The molecule has 1 fully saturated rings. The molecule has 0 spiro atoms. The van der Waals surface area contributed by atoms with Crippen LogP contribution in [0, 0.1) is 5.92 Å². The summed E-state index contributed by atoms with van der Waals surface area (Å²) in [7, 11) is 8.87. The number of methoxy groups -OCH3 is 3. The summed E-state index contributed by atoms with van der Waals surface area (Å²) in [4.78, 5) is 11.4. The minimum absolute atomic E-state index is 0.254. The second-order valence-corrected chi connectivity index (χ2v) is 11.1. The number of nitrogens with zero attached hydrogens (tertiary/aromatic N) is 3. The van der Waals surface area contributed by atoms with Crippen molar-refractivity contribution in [2.24, 2.45) is 5.92 Å². The van der Waals surface area contributed by atoms with Crippen LogP contribution in [0.25, 0.3) is 10.9 Å². The van der Waals surface area contributed by atoms with Crippen molar-refractivity contribution in [1.82, 2.24) is 14.9 Å². The molecule has 0 aliphatic heterocycles. The van der Waals surface area contributed by atoms with Crippen molar-refractivity contribution in [3.8, 4) is 17.6 Å². The van der Waals surface area contributed by atoms with Crippen molar-refractivity contribution in [3.63, 3.8) is 0 Å². The summed E-state index contributed by atoms with van der Waals surface area (Å²) in [6, 6.07) is 11.9. The highest BCUT2D eigenvalue weighted by Gasteiger charge is 2.46. The molecule has 1 aliphatic carbocycles. The number of fused-ring (bicyclic) bond motifs is 1. The Bertz CT molecular complexity index is 1190. The molecule has 1 aliphatic rings. The van der Waals surface area contributed by atoms with Gasteiger partial charge in [0, 0.05) is 40.0 Å². The predicted octanol–water partition coefficient (Wildman–Crippen LogP) is 5.92. The first-order chi connectivity index (χ1) is 17.8. The largest absolute Gasteiger partial charge is 0.481 e. The van der Waals surface area contributed by atoms with E-state index < -0.39 is 5.60 Å². The molecule has 2 aromatic heterocycles. The van der Waals surface area contributed by atoms with Gasteiger partial charge in [-0.15, -0.1) is 0 Å². The van der Waals surface area contributed by atoms with Crippen LogP contribution >= 0.6 is 15.9 Å². The second-order valence-electron chi connectivity index (χ2n) is 10.2. The van der Waals surface area contributed by atoms with Crippen molar-refractivity contribution >= 4 is 26.8 Å². The Hall–Kier alpha value is -2.42. The average Bonchev–Trinajstić information content (AvgIpc) is 2.91. The van der Waals surface area contributed by atoms with E-state index >= 15 is 0 Å². The fourth-order valence-corrected chi connectivity index (χ4v) is 6.09. The third kappa shape index (κ3) is 6.02. The van der Waals surface area contributed by atoms with E-state index in [1.807, 2.05) is 38.4 Å². The monoisotopic (exact) mass is 571 g/mol. The smallest absolute Gasteiger partial charge is 0.217 e. The van der Waals surface area contributed by atoms with Gasteiger partial charge < -0.3 is 24.2 Å². The zero-order chi connectivity index (χ0) is 26.6. The molecule has 2 heterocycles. The lowest BCUT2D eigenvalue weighted by atomic mass is 9.65. The van der Waals surface area contributed by atoms with Crippen LogP contribution in [-0.4, -0.2) is 61.9 Å².